The number of aryl methyl sites for hydroxylation is 3. The van der Waals surface area contributed by atoms with Crippen LogP contribution in [0.2, 0.25) is 0 Å². The first kappa shape index (κ1) is 85.0. The third kappa shape index (κ3) is 22.3. The zero-order chi connectivity index (χ0) is 85.4. The van der Waals surface area contributed by atoms with Gasteiger partial charge in [-0.1, -0.05) is 55.7 Å². The van der Waals surface area contributed by atoms with Crippen LogP contribution in [-0.4, -0.2) is 193 Å². The van der Waals surface area contributed by atoms with Gasteiger partial charge in [-0.15, -0.1) is 0 Å². The number of benzene rings is 3. The SMILES string of the molecule is CCOC(OCC)OCC.Cn1cc(Nc2ncc(N)c(Nc3ccc(-c4cnn(C5CCN(C(=O)OC(C)(C)C)CC5)c4)cc3)n2)cn1.Cn1cc(Nc2ncc3ncn(-c4ccc(-c5cnn(C6CCCCC6)c5)cc4)c3n2)cn1.Cn1cc(Nc2ncc3ncn(-c4ccc(-c5cnn(C6CCN(C(=O)OC(C)(C)C)CC6)c5)cc4)c3n2)cn1. The molecule has 17 rings (SSSR count). The van der Waals surface area contributed by atoms with E-state index in [1.54, 1.807) is 73.7 Å². The molecule has 0 radical (unpaired) electrons. The highest BCUT2D eigenvalue weighted by molar-refractivity contribution is 5.77. The van der Waals surface area contributed by atoms with Gasteiger partial charge in [0.2, 0.25) is 17.8 Å². The molecule has 3 fully saturated rings. The topological polar surface area (TPSA) is 381 Å². The third-order valence-electron chi connectivity index (χ3n) is 20.4. The van der Waals surface area contributed by atoms with Crippen LogP contribution in [0.5, 0.6) is 0 Å². The molecule has 0 bridgehead atoms. The van der Waals surface area contributed by atoms with Crippen LogP contribution in [-0.2, 0) is 44.8 Å². The van der Waals surface area contributed by atoms with Crippen molar-refractivity contribution in [1.29, 1.82) is 0 Å². The van der Waals surface area contributed by atoms with Crippen molar-refractivity contribution in [2.45, 2.75) is 156 Å². The molecular weight excluding hydrogens is 1550 g/mol. The van der Waals surface area contributed by atoms with Gasteiger partial charge < -0.3 is 60.5 Å². The summed E-state index contributed by atoms with van der Waals surface area (Å²) in [6, 6.07) is 25.7. The Kier molecular flexibility index (Phi) is 27.0. The number of rotatable bonds is 22. The number of nitrogens with two attached hydrogens (primary N) is 1. The number of anilines is 9. The monoisotopic (exact) mass is 1660 g/mol. The molecule has 36 heteroatoms. The second kappa shape index (κ2) is 38.7. The van der Waals surface area contributed by atoms with E-state index >= 15 is 0 Å². The molecule has 0 spiro atoms. The average Bonchev–Trinajstić information content (AvgIpc) is 1.64. The molecule has 36 nitrogen and oxygen atoms in total. The minimum atomic E-state index is -0.488. The van der Waals surface area contributed by atoms with Crippen LogP contribution < -0.4 is 27.0 Å². The molecular formula is C86H107N29O7. The van der Waals surface area contributed by atoms with Gasteiger partial charge in [0.1, 0.15) is 34.9 Å². The van der Waals surface area contributed by atoms with E-state index in [9.17, 15) is 9.59 Å². The van der Waals surface area contributed by atoms with Crippen molar-refractivity contribution in [3.05, 3.63) is 178 Å². The molecule has 2 amide bonds. The number of imidazole rings is 2. The first-order valence-corrected chi connectivity index (χ1v) is 41.2. The van der Waals surface area contributed by atoms with E-state index in [1.165, 1.54) is 32.1 Å². The van der Waals surface area contributed by atoms with Gasteiger partial charge in [-0.05, 0) is 154 Å². The number of ether oxygens (including phenoxy) is 5. The number of amides is 2. The summed E-state index contributed by atoms with van der Waals surface area (Å²) in [4.78, 5) is 64.1. The fourth-order valence-electron chi connectivity index (χ4n) is 14.3. The Morgan fingerprint density at radius 2 is 0.770 bits per heavy atom. The molecule has 14 aromatic rings. The van der Waals surface area contributed by atoms with Crippen LogP contribution in [0.3, 0.4) is 0 Å². The zero-order valence-corrected chi connectivity index (χ0v) is 71.0. The lowest BCUT2D eigenvalue weighted by Gasteiger charge is -2.33. The molecule has 1 aliphatic carbocycles. The predicted octanol–water partition coefficient (Wildman–Crippen LogP) is 15.5. The van der Waals surface area contributed by atoms with Gasteiger partial charge in [0.25, 0.3) is 6.48 Å². The summed E-state index contributed by atoms with van der Waals surface area (Å²) < 4.78 is 41.5. The van der Waals surface area contributed by atoms with Crippen LogP contribution in [0.25, 0.3) is 67.1 Å². The van der Waals surface area contributed by atoms with Gasteiger partial charge in [0.05, 0.1) is 96.6 Å². The van der Waals surface area contributed by atoms with Crippen molar-refractivity contribution in [2.75, 3.05) is 73.0 Å². The van der Waals surface area contributed by atoms with Crippen molar-refractivity contribution in [1.82, 2.24) is 117 Å². The molecule has 11 aromatic heterocycles. The predicted molar refractivity (Wildman–Crippen MR) is 466 cm³/mol. The maximum Gasteiger partial charge on any atom is 0.410 e. The van der Waals surface area contributed by atoms with Gasteiger partial charge in [-0.2, -0.15) is 45.5 Å². The largest absolute Gasteiger partial charge is 0.444 e. The Morgan fingerprint density at radius 3 is 1.13 bits per heavy atom. The van der Waals surface area contributed by atoms with Crippen molar-refractivity contribution in [2.24, 2.45) is 21.1 Å². The first-order chi connectivity index (χ1) is 58.9. The number of aromatic nitrogens is 22. The number of carbonyl (C=O) groups is 2. The maximum absolute atomic E-state index is 12.4. The second-order valence-corrected chi connectivity index (χ2v) is 31.9. The summed E-state index contributed by atoms with van der Waals surface area (Å²) in [5.41, 5.74) is 20.2. The first-order valence-electron chi connectivity index (χ1n) is 41.2. The molecule has 0 unspecified atom stereocenters. The highest BCUT2D eigenvalue weighted by Crippen LogP contribution is 2.34. The lowest BCUT2D eigenvalue weighted by atomic mass is 9.96. The summed E-state index contributed by atoms with van der Waals surface area (Å²) in [5, 5.41) is 39.1. The van der Waals surface area contributed by atoms with Gasteiger partial charge in [0, 0.05) is 138 Å². The van der Waals surface area contributed by atoms with Crippen LogP contribution in [0, 0.1) is 0 Å². The fourth-order valence-corrected chi connectivity index (χ4v) is 14.3. The van der Waals surface area contributed by atoms with E-state index in [0.29, 0.717) is 92.6 Å². The minimum Gasteiger partial charge on any atom is -0.444 e. The van der Waals surface area contributed by atoms with E-state index < -0.39 is 17.7 Å². The smallest absolute Gasteiger partial charge is 0.410 e. The highest BCUT2D eigenvalue weighted by atomic mass is 16.8. The molecule has 6 N–H and O–H groups in total. The Balaban J connectivity index is 0.000000142. The van der Waals surface area contributed by atoms with Crippen LogP contribution in [0.15, 0.2) is 178 Å². The van der Waals surface area contributed by atoms with E-state index in [2.05, 4.69) is 151 Å². The van der Waals surface area contributed by atoms with Crippen molar-refractivity contribution in [3.63, 3.8) is 0 Å². The second-order valence-electron chi connectivity index (χ2n) is 31.9. The van der Waals surface area contributed by atoms with Crippen LogP contribution in [0.4, 0.5) is 61.7 Å². The van der Waals surface area contributed by atoms with Gasteiger partial charge in [0.15, 0.2) is 17.1 Å². The Labute approximate surface area is 707 Å². The van der Waals surface area contributed by atoms with E-state index in [1.807, 2.05) is 176 Å². The van der Waals surface area contributed by atoms with Crippen molar-refractivity contribution >= 4 is 86.6 Å². The molecule has 2 aliphatic heterocycles. The Bertz CT molecular complexity index is 5710. The minimum absolute atomic E-state index is 0.244. The molecule has 2 saturated heterocycles. The Hall–Kier alpha value is -13.5. The lowest BCUT2D eigenvalue weighted by molar-refractivity contribution is -0.282. The number of hydrogen-bond acceptors (Lipinski definition) is 26. The number of hydrogen-bond donors (Lipinski definition) is 5. The van der Waals surface area contributed by atoms with E-state index in [-0.39, 0.29) is 24.3 Å². The summed E-state index contributed by atoms with van der Waals surface area (Å²) in [7, 11) is 5.57. The number of fused-ring (bicyclic) bond motifs is 2. The molecule has 1 saturated carbocycles. The summed E-state index contributed by atoms with van der Waals surface area (Å²) in [5.74, 6) is 1.91. The van der Waals surface area contributed by atoms with Crippen molar-refractivity contribution in [3.8, 4) is 44.8 Å². The molecule has 13 heterocycles. The van der Waals surface area contributed by atoms with E-state index in [0.717, 1.165) is 104 Å². The van der Waals surface area contributed by atoms with Gasteiger partial charge in [-0.25, -0.2) is 34.5 Å². The molecule has 0 atom stereocenters. The quantitative estimate of drug-likeness (QED) is 0.0393. The van der Waals surface area contributed by atoms with Crippen LogP contribution in [0.1, 0.15) is 138 Å². The molecule has 122 heavy (non-hydrogen) atoms. The standard InChI is InChI=1S/C28H32N10O2.C27H34N10O2.C24H25N9.C7H16O3/c1-28(2,3)40-27(39)36-11-9-23(10-12-36)38-16-20(13-32-38)19-5-7-22(8-6-19)37-18-30-24-15-29-26(34-25(24)37)33-21-14-31-35(4)17-21;1-27(2,3)39-26(38)36-11-9-22(10-12-36)37-16-19(13-31-37)18-5-7-20(8-6-18)32-24-23(28)15-29-25(34-24)33-21-14-30-35(4)17-21;1-31-15-19(12-27-31)29-24-25-13-22-23(30-24)32(16-26-22)20-9-7-17(8-10-20)18-11-28-33(14-18)21-5-3-2-4-6-21;1-4-8-7(9-5-2)10-6-3/h5-8,13-18,23H,9-12H2,1-4H3,(H,29,33,34);5-8,13-17,22H,9-12,28H2,1-4H3,(H2,29,32,33,34);7-16,21H,2-6H2,1H3,(H,25,29,30);7H,4-6H2,1-3H3. The highest BCUT2D eigenvalue weighted by Gasteiger charge is 2.31. The average molecular weight is 1660 g/mol. The van der Waals surface area contributed by atoms with Gasteiger partial charge >= 0.3 is 12.2 Å². The van der Waals surface area contributed by atoms with Crippen molar-refractivity contribution < 1.29 is 33.3 Å². The van der Waals surface area contributed by atoms with Crippen LogP contribution >= 0.6 is 0 Å². The number of likely N-dealkylation sites (tertiary alicyclic amines) is 2. The number of carbonyl (C=O) groups excluding carboxylic acids is 2. The number of piperidine rings is 2. The fraction of sp³-hybridized carbons (Fsp3) is 0.395. The summed E-state index contributed by atoms with van der Waals surface area (Å²) in [6.45, 7) is 21.0. The Morgan fingerprint density at radius 1 is 0.410 bits per heavy atom. The molecule has 638 valence electrons. The summed E-state index contributed by atoms with van der Waals surface area (Å²) in [6.07, 6.45) is 40.6. The van der Waals surface area contributed by atoms with Gasteiger partial charge in [-0.3, -0.25) is 37.2 Å². The molecule has 3 aliphatic rings. The number of nitrogen functional groups attached to an aromatic ring is 1. The lowest BCUT2D eigenvalue weighted by Crippen LogP contribution is -2.42. The molecule has 3 aromatic carbocycles. The maximum atomic E-state index is 12.4. The third-order valence-corrected chi connectivity index (χ3v) is 20.4. The number of nitrogens with zero attached hydrogens (tertiary/aromatic N) is 24. The van der Waals surface area contributed by atoms with E-state index in [4.69, 9.17) is 29.4 Å². The number of nitrogens with one attached hydrogen (secondary N) is 4. The summed E-state index contributed by atoms with van der Waals surface area (Å²) >= 11 is 0. The zero-order valence-electron chi connectivity index (χ0n) is 71.0. The normalized spacial score (nSPS) is 14.2.